The second-order valence-corrected chi connectivity index (χ2v) is 8.22. The van der Waals surface area contributed by atoms with Gasteiger partial charge in [0, 0.05) is 0 Å². The standard InChI is InChI=1S/C21H26OSi/c1-16(2)17-10-12-19(13-11-17)23-20-9-7-6-8-18(20)14-15-22-21(3,4)5/h6-13H,1,14-15H2,2-5H3. The zero-order valence-electron chi connectivity index (χ0n) is 14.6. The molecule has 0 fully saturated rings. The average Bonchev–Trinajstić information content (AvgIpc) is 2.48. The van der Waals surface area contributed by atoms with Crippen molar-refractivity contribution in [1.82, 2.24) is 0 Å². The molecule has 0 bridgehead atoms. The lowest BCUT2D eigenvalue weighted by Crippen LogP contribution is -2.30. The first-order chi connectivity index (χ1) is 10.8. The molecule has 2 aromatic carbocycles. The maximum Gasteiger partial charge on any atom is 0.121 e. The summed E-state index contributed by atoms with van der Waals surface area (Å²) in [5.41, 5.74) is 3.64. The third kappa shape index (κ3) is 5.81. The van der Waals surface area contributed by atoms with Gasteiger partial charge in [-0.25, -0.2) is 0 Å². The summed E-state index contributed by atoms with van der Waals surface area (Å²) in [6.07, 6.45) is 0.963. The van der Waals surface area contributed by atoms with Crippen LogP contribution in [0.25, 0.3) is 5.57 Å². The van der Waals surface area contributed by atoms with E-state index in [0.717, 1.165) is 18.6 Å². The largest absolute Gasteiger partial charge is 0.376 e. The molecule has 0 aromatic heterocycles. The molecule has 2 aromatic rings. The van der Waals surface area contributed by atoms with E-state index in [2.05, 4.69) is 75.9 Å². The van der Waals surface area contributed by atoms with E-state index in [1.807, 2.05) is 6.92 Å². The monoisotopic (exact) mass is 322 g/mol. The van der Waals surface area contributed by atoms with Gasteiger partial charge in [0.15, 0.2) is 0 Å². The fraction of sp³-hybridized carbons (Fsp3) is 0.333. The Morgan fingerprint density at radius 3 is 2.30 bits per heavy atom. The number of rotatable bonds is 6. The van der Waals surface area contributed by atoms with Crippen LogP contribution in [0.4, 0.5) is 0 Å². The predicted molar refractivity (Wildman–Crippen MR) is 102 cm³/mol. The fourth-order valence-corrected chi connectivity index (χ4v) is 3.51. The minimum absolute atomic E-state index is 0.0738. The maximum absolute atomic E-state index is 5.87. The van der Waals surface area contributed by atoms with Crippen molar-refractivity contribution < 1.29 is 4.74 Å². The summed E-state index contributed by atoms with van der Waals surface area (Å²) in [7, 11) is 0.678. The second-order valence-electron chi connectivity index (χ2n) is 6.85. The molecule has 0 aliphatic rings. The van der Waals surface area contributed by atoms with Gasteiger partial charge in [-0.1, -0.05) is 71.1 Å². The molecule has 0 spiro atoms. The summed E-state index contributed by atoms with van der Waals surface area (Å²) in [4.78, 5) is 0. The van der Waals surface area contributed by atoms with Gasteiger partial charge in [0.25, 0.3) is 0 Å². The van der Waals surface area contributed by atoms with Gasteiger partial charge in [-0.05, 0) is 45.2 Å². The molecule has 23 heavy (non-hydrogen) atoms. The molecule has 120 valence electrons. The molecule has 2 rings (SSSR count). The van der Waals surface area contributed by atoms with Crippen LogP contribution in [-0.2, 0) is 11.2 Å². The molecule has 0 N–H and O–H groups in total. The van der Waals surface area contributed by atoms with E-state index in [9.17, 15) is 0 Å². The number of allylic oxidation sites excluding steroid dienone is 1. The van der Waals surface area contributed by atoms with Gasteiger partial charge in [-0.2, -0.15) is 0 Å². The quantitative estimate of drug-likeness (QED) is 0.736. The summed E-state index contributed by atoms with van der Waals surface area (Å²) < 4.78 is 5.87. The zero-order valence-corrected chi connectivity index (χ0v) is 15.6. The van der Waals surface area contributed by atoms with Crippen molar-refractivity contribution in [2.45, 2.75) is 39.7 Å². The van der Waals surface area contributed by atoms with Crippen molar-refractivity contribution in [2.24, 2.45) is 0 Å². The Bertz CT molecular complexity index is 650. The average molecular weight is 323 g/mol. The Hall–Kier alpha value is -1.64. The fourth-order valence-electron chi connectivity index (χ4n) is 2.32. The van der Waals surface area contributed by atoms with Gasteiger partial charge in [0.1, 0.15) is 9.52 Å². The Kier molecular flexibility index (Phi) is 5.97. The molecule has 0 amide bonds. The lowest BCUT2D eigenvalue weighted by molar-refractivity contribution is -0.000912. The van der Waals surface area contributed by atoms with Crippen LogP contribution >= 0.6 is 0 Å². The maximum atomic E-state index is 5.87. The van der Waals surface area contributed by atoms with E-state index in [0.29, 0.717) is 9.52 Å². The first kappa shape index (κ1) is 17.7. The van der Waals surface area contributed by atoms with Crippen LogP contribution in [0.1, 0.15) is 38.8 Å². The molecule has 0 atom stereocenters. The lowest BCUT2D eigenvalue weighted by Gasteiger charge is -2.20. The molecule has 0 heterocycles. The summed E-state index contributed by atoms with van der Waals surface area (Å²) in [6.45, 7) is 13.1. The molecule has 0 aliphatic heterocycles. The first-order valence-electron chi connectivity index (χ1n) is 8.10. The minimum atomic E-state index is -0.0738. The van der Waals surface area contributed by atoms with Crippen LogP contribution in [0.2, 0.25) is 0 Å². The van der Waals surface area contributed by atoms with Crippen molar-refractivity contribution in [3.63, 3.8) is 0 Å². The van der Waals surface area contributed by atoms with Gasteiger partial charge in [-0.15, -0.1) is 0 Å². The topological polar surface area (TPSA) is 9.23 Å². The summed E-state index contributed by atoms with van der Waals surface area (Å²) in [5.74, 6) is 0. The Morgan fingerprint density at radius 1 is 1.04 bits per heavy atom. The molecular weight excluding hydrogens is 296 g/mol. The Morgan fingerprint density at radius 2 is 1.70 bits per heavy atom. The molecule has 0 saturated heterocycles. The van der Waals surface area contributed by atoms with E-state index >= 15 is 0 Å². The molecule has 0 saturated carbocycles. The highest BCUT2D eigenvalue weighted by Crippen LogP contribution is 2.09. The van der Waals surface area contributed by atoms with E-state index in [1.54, 1.807) is 0 Å². The van der Waals surface area contributed by atoms with E-state index < -0.39 is 0 Å². The van der Waals surface area contributed by atoms with Gasteiger partial charge in [0.2, 0.25) is 0 Å². The summed E-state index contributed by atoms with van der Waals surface area (Å²) >= 11 is 0. The number of ether oxygens (including phenoxy) is 1. The van der Waals surface area contributed by atoms with Gasteiger partial charge >= 0.3 is 0 Å². The number of hydrogen-bond acceptors (Lipinski definition) is 1. The third-order valence-corrected chi connectivity index (χ3v) is 4.96. The van der Waals surface area contributed by atoms with Gasteiger partial charge < -0.3 is 4.74 Å². The van der Waals surface area contributed by atoms with Gasteiger partial charge in [-0.3, -0.25) is 0 Å². The van der Waals surface area contributed by atoms with Crippen LogP contribution in [0, 0.1) is 0 Å². The van der Waals surface area contributed by atoms with Crippen molar-refractivity contribution in [3.05, 3.63) is 66.2 Å². The van der Waals surface area contributed by atoms with E-state index in [4.69, 9.17) is 4.74 Å². The molecule has 0 unspecified atom stereocenters. The number of hydrogen-bond donors (Lipinski definition) is 0. The lowest BCUT2D eigenvalue weighted by atomic mass is 10.1. The molecule has 1 nitrogen and oxygen atoms in total. The van der Waals surface area contributed by atoms with Crippen LogP contribution < -0.4 is 10.4 Å². The number of benzene rings is 2. The SMILES string of the molecule is C=C(C)c1ccc([Si]c2ccccc2CCOC(C)(C)C)cc1. The van der Waals surface area contributed by atoms with Crippen LogP contribution in [0.3, 0.4) is 0 Å². The van der Waals surface area contributed by atoms with Crippen molar-refractivity contribution in [1.29, 1.82) is 0 Å². The molecule has 0 aliphatic carbocycles. The third-order valence-electron chi connectivity index (χ3n) is 3.58. The van der Waals surface area contributed by atoms with Gasteiger partial charge in [0.05, 0.1) is 12.2 Å². The van der Waals surface area contributed by atoms with Crippen LogP contribution in [0.15, 0.2) is 55.1 Å². The highest BCUT2D eigenvalue weighted by molar-refractivity contribution is 6.67. The predicted octanol–water partition coefficient (Wildman–Crippen LogP) is 3.73. The zero-order chi connectivity index (χ0) is 16.9. The minimum Gasteiger partial charge on any atom is -0.376 e. The molecular formula is C21H26OSi. The smallest absolute Gasteiger partial charge is 0.121 e. The normalized spacial score (nSPS) is 11.5. The Balaban J connectivity index is 2.06. The van der Waals surface area contributed by atoms with Crippen molar-refractivity contribution >= 4 is 25.5 Å². The second kappa shape index (κ2) is 7.76. The highest BCUT2D eigenvalue weighted by atomic mass is 28.2. The summed E-state index contributed by atoms with van der Waals surface area (Å²) in [5, 5.41) is 2.77. The van der Waals surface area contributed by atoms with Crippen molar-refractivity contribution in [2.75, 3.05) is 6.61 Å². The van der Waals surface area contributed by atoms with Crippen LogP contribution in [-0.4, -0.2) is 21.7 Å². The van der Waals surface area contributed by atoms with E-state index in [1.165, 1.54) is 21.5 Å². The first-order valence-corrected chi connectivity index (χ1v) is 9.10. The highest BCUT2D eigenvalue weighted by Gasteiger charge is 2.11. The molecule has 2 heteroatoms. The molecule has 2 radical (unpaired) electrons. The van der Waals surface area contributed by atoms with E-state index in [-0.39, 0.29) is 5.60 Å². The Labute approximate surface area is 143 Å². The summed E-state index contributed by atoms with van der Waals surface area (Å²) in [6, 6.07) is 17.4. The van der Waals surface area contributed by atoms with Crippen molar-refractivity contribution in [3.8, 4) is 0 Å². The van der Waals surface area contributed by atoms with Crippen LogP contribution in [0.5, 0.6) is 0 Å².